The molecule has 0 aromatic heterocycles. The van der Waals surface area contributed by atoms with E-state index < -0.39 is 29.6 Å². The molecule has 3 aromatic carbocycles. The lowest BCUT2D eigenvalue weighted by Gasteiger charge is -2.11. The smallest absolute Gasteiger partial charge is 0.352 e. The van der Waals surface area contributed by atoms with Crippen molar-refractivity contribution in [1.29, 1.82) is 0 Å². The number of halogens is 3. The van der Waals surface area contributed by atoms with E-state index in [2.05, 4.69) is 16.0 Å². The first-order valence-corrected chi connectivity index (χ1v) is 9.64. The molecule has 10 heteroatoms. The molecule has 3 aromatic rings. The van der Waals surface area contributed by atoms with E-state index in [1.165, 1.54) is 30.3 Å². The number of amides is 4. The van der Waals surface area contributed by atoms with Gasteiger partial charge in [-0.2, -0.15) is 13.2 Å². The molecule has 33 heavy (non-hydrogen) atoms. The van der Waals surface area contributed by atoms with Crippen molar-refractivity contribution in [3.8, 4) is 0 Å². The molecular formula is C23H19F3N4O3. The SMILES string of the molecule is NC(=O)NCc1ccc(C(=O)Nc2cccc(C(=O)Nc3cccc(C(F)(F)F)c3)c2)cc1. The number of urea groups is 1. The molecule has 3 rings (SSSR count). The first-order valence-electron chi connectivity index (χ1n) is 9.64. The maximum atomic E-state index is 12.9. The monoisotopic (exact) mass is 456 g/mol. The third-order valence-electron chi connectivity index (χ3n) is 4.51. The molecule has 0 aliphatic heterocycles. The molecular weight excluding hydrogens is 437 g/mol. The summed E-state index contributed by atoms with van der Waals surface area (Å²) in [5, 5.41) is 7.52. The standard InChI is InChI=1S/C23H19F3N4O3/c24-23(25,26)17-4-2-6-19(12-17)30-21(32)16-3-1-5-18(11-16)29-20(31)15-9-7-14(8-10-15)13-28-22(27)33/h1-12H,13H2,(H,29,31)(H,30,32)(H3,27,28,33). The van der Waals surface area contributed by atoms with Crippen LogP contribution in [0.15, 0.2) is 72.8 Å². The van der Waals surface area contributed by atoms with Crippen molar-refractivity contribution in [2.24, 2.45) is 5.73 Å². The van der Waals surface area contributed by atoms with Crippen molar-refractivity contribution < 1.29 is 27.6 Å². The van der Waals surface area contributed by atoms with Gasteiger partial charge in [0.15, 0.2) is 0 Å². The summed E-state index contributed by atoms with van der Waals surface area (Å²) in [6, 6.07) is 16.1. The number of hydrogen-bond donors (Lipinski definition) is 4. The molecule has 0 unspecified atom stereocenters. The summed E-state index contributed by atoms with van der Waals surface area (Å²) in [4.78, 5) is 35.7. The van der Waals surface area contributed by atoms with Crippen molar-refractivity contribution in [3.63, 3.8) is 0 Å². The number of primary amides is 1. The van der Waals surface area contributed by atoms with Gasteiger partial charge in [0.1, 0.15) is 0 Å². The highest BCUT2D eigenvalue weighted by molar-refractivity contribution is 6.07. The summed E-state index contributed by atoms with van der Waals surface area (Å²) in [5.74, 6) is -1.06. The van der Waals surface area contributed by atoms with Crippen LogP contribution in [-0.2, 0) is 12.7 Å². The van der Waals surface area contributed by atoms with Crippen molar-refractivity contribution in [3.05, 3.63) is 95.1 Å². The Hall–Kier alpha value is -4.34. The minimum Gasteiger partial charge on any atom is -0.352 e. The van der Waals surface area contributed by atoms with Crippen LogP contribution >= 0.6 is 0 Å². The predicted octanol–water partition coefficient (Wildman–Crippen LogP) is 4.38. The number of alkyl halides is 3. The average Bonchev–Trinajstić information content (AvgIpc) is 2.78. The molecule has 0 heterocycles. The first kappa shape index (κ1) is 23.3. The summed E-state index contributed by atoms with van der Waals surface area (Å²) < 4.78 is 38.6. The van der Waals surface area contributed by atoms with Crippen LogP contribution in [-0.4, -0.2) is 17.8 Å². The van der Waals surface area contributed by atoms with Gasteiger partial charge in [-0.3, -0.25) is 9.59 Å². The van der Waals surface area contributed by atoms with Gasteiger partial charge < -0.3 is 21.7 Å². The second kappa shape index (κ2) is 9.86. The molecule has 170 valence electrons. The van der Waals surface area contributed by atoms with Crippen LogP contribution in [0.1, 0.15) is 31.8 Å². The summed E-state index contributed by atoms with van der Waals surface area (Å²) >= 11 is 0. The van der Waals surface area contributed by atoms with E-state index in [0.717, 1.165) is 17.7 Å². The first-order chi connectivity index (χ1) is 15.6. The fourth-order valence-corrected chi connectivity index (χ4v) is 2.88. The molecule has 0 aliphatic carbocycles. The van der Waals surface area contributed by atoms with Crippen LogP contribution in [0.4, 0.5) is 29.3 Å². The maximum Gasteiger partial charge on any atom is 0.416 e. The van der Waals surface area contributed by atoms with E-state index in [-0.39, 0.29) is 17.8 Å². The van der Waals surface area contributed by atoms with E-state index in [4.69, 9.17) is 5.73 Å². The average molecular weight is 456 g/mol. The molecule has 5 N–H and O–H groups in total. The zero-order chi connectivity index (χ0) is 24.0. The minimum absolute atomic E-state index is 0.00446. The van der Waals surface area contributed by atoms with Crippen LogP contribution in [0.2, 0.25) is 0 Å². The molecule has 0 radical (unpaired) electrons. The summed E-state index contributed by atoms with van der Waals surface area (Å²) in [5.41, 5.74) is 5.71. The van der Waals surface area contributed by atoms with Gasteiger partial charge in [-0.25, -0.2) is 4.79 Å². The lowest BCUT2D eigenvalue weighted by molar-refractivity contribution is -0.137. The number of nitrogens with one attached hydrogen (secondary N) is 3. The molecule has 0 spiro atoms. The second-order valence-electron chi connectivity index (χ2n) is 6.98. The van der Waals surface area contributed by atoms with E-state index in [9.17, 15) is 27.6 Å². The third kappa shape index (κ3) is 6.57. The Morgan fingerprint density at radius 3 is 1.94 bits per heavy atom. The van der Waals surface area contributed by atoms with Crippen LogP contribution in [0.25, 0.3) is 0 Å². The zero-order valence-electron chi connectivity index (χ0n) is 17.1. The summed E-state index contributed by atoms with van der Waals surface area (Å²) in [7, 11) is 0. The van der Waals surface area contributed by atoms with Crippen molar-refractivity contribution >= 4 is 29.2 Å². The highest BCUT2D eigenvalue weighted by Crippen LogP contribution is 2.30. The number of anilines is 2. The van der Waals surface area contributed by atoms with E-state index in [1.54, 1.807) is 30.3 Å². The third-order valence-corrected chi connectivity index (χ3v) is 4.51. The van der Waals surface area contributed by atoms with Gasteiger partial charge in [0.25, 0.3) is 11.8 Å². The lowest BCUT2D eigenvalue weighted by atomic mass is 10.1. The Balaban J connectivity index is 1.66. The topological polar surface area (TPSA) is 113 Å². The fraction of sp³-hybridized carbons (Fsp3) is 0.0870. The number of hydrogen-bond acceptors (Lipinski definition) is 3. The van der Waals surface area contributed by atoms with Crippen LogP contribution in [0, 0.1) is 0 Å². The molecule has 0 bridgehead atoms. The van der Waals surface area contributed by atoms with Gasteiger partial charge in [-0.05, 0) is 54.1 Å². The molecule has 0 atom stereocenters. The number of rotatable bonds is 6. The summed E-state index contributed by atoms with van der Waals surface area (Å²) in [6.45, 7) is 0.222. The van der Waals surface area contributed by atoms with Crippen molar-refractivity contribution in [2.75, 3.05) is 10.6 Å². The highest BCUT2D eigenvalue weighted by Gasteiger charge is 2.30. The second-order valence-corrected chi connectivity index (χ2v) is 6.98. The Bertz CT molecular complexity index is 1180. The van der Waals surface area contributed by atoms with E-state index in [1.807, 2.05) is 0 Å². The number of carbonyl (C=O) groups excluding carboxylic acids is 3. The van der Waals surface area contributed by atoms with Crippen LogP contribution < -0.4 is 21.7 Å². The predicted molar refractivity (Wildman–Crippen MR) is 117 cm³/mol. The van der Waals surface area contributed by atoms with E-state index >= 15 is 0 Å². The fourth-order valence-electron chi connectivity index (χ4n) is 2.88. The minimum atomic E-state index is -4.53. The van der Waals surface area contributed by atoms with Gasteiger partial charge in [0.2, 0.25) is 0 Å². The molecule has 7 nitrogen and oxygen atoms in total. The largest absolute Gasteiger partial charge is 0.416 e. The highest BCUT2D eigenvalue weighted by atomic mass is 19.4. The Morgan fingerprint density at radius 2 is 1.33 bits per heavy atom. The summed E-state index contributed by atoms with van der Waals surface area (Å²) in [6.07, 6.45) is -4.53. The van der Waals surface area contributed by atoms with Gasteiger partial charge in [-0.15, -0.1) is 0 Å². The number of nitrogens with two attached hydrogens (primary N) is 1. The van der Waals surface area contributed by atoms with Gasteiger partial charge in [0, 0.05) is 29.0 Å². The molecule has 0 saturated carbocycles. The molecule has 4 amide bonds. The molecule has 0 saturated heterocycles. The Kier molecular flexibility index (Phi) is 6.97. The van der Waals surface area contributed by atoms with Gasteiger partial charge in [-0.1, -0.05) is 24.3 Å². The lowest BCUT2D eigenvalue weighted by Crippen LogP contribution is -2.28. The maximum absolute atomic E-state index is 12.9. The zero-order valence-corrected chi connectivity index (χ0v) is 17.1. The van der Waals surface area contributed by atoms with Crippen LogP contribution in [0.5, 0.6) is 0 Å². The van der Waals surface area contributed by atoms with Gasteiger partial charge >= 0.3 is 12.2 Å². The molecule has 0 aliphatic rings. The van der Waals surface area contributed by atoms with Crippen LogP contribution in [0.3, 0.4) is 0 Å². The normalized spacial score (nSPS) is 10.9. The van der Waals surface area contributed by atoms with Crippen molar-refractivity contribution in [1.82, 2.24) is 5.32 Å². The number of benzene rings is 3. The van der Waals surface area contributed by atoms with E-state index in [0.29, 0.717) is 11.3 Å². The Morgan fingerprint density at radius 1 is 0.758 bits per heavy atom. The van der Waals surface area contributed by atoms with Crippen molar-refractivity contribution in [2.45, 2.75) is 12.7 Å². The Labute approximate surface area is 186 Å². The number of carbonyl (C=O) groups is 3. The van der Waals surface area contributed by atoms with Gasteiger partial charge in [0.05, 0.1) is 5.56 Å². The quantitative estimate of drug-likeness (QED) is 0.442. The molecule has 0 fully saturated rings.